The van der Waals surface area contributed by atoms with E-state index < -0.39 is 5.41 Å². The minimum absolute atomic E-state index is 0.00897. The Hall–Kier alpha value is -1.30. The van der Waals surface area contributed by atoms with E-state index in [0.717, 1.165) is 31.2 Å². The van der Waals surface area contributed by atoms with Crippen LogP contribution in [-0.2, 0) is 25.4 Å². The number of hydrogen-bond acceptors (Lipinski definition) is 5. The fraction of sp³-hybridized carbons (Fsp3) is 0.778. The van der Waals surface area contributed by atoms with Gasteiger partial charge in [0.2, 0.25) is 0 Å². The average molecular weight is 444 g/mol. The number of aromatic nitrogens is 1. The fourth-order valence-corrected chi connectivity index (χ4v) is 7.99. The van der Waals surface area contributed by atoms with Crippen LogP contribution in [0.25, 0.3) is 0 Å². The Morgan fingerprint density at radius 3 is 2.44 bits per heavy atom. The molecule has 2 bridgehead atoms. The zero-order valence-electron chi connectivity index (χ0n) is 20.7. The van der Waals surface area contributed by atoms with Crippen molar-refractivity contribution >= 4 is 5.78 Å². The van der Waals surface area contributed by atoms with E-state index in [1.165, 1.54) is 0 Å². The molecule has 2 unspecified atom stereocenters. The van der Waals surface area contributed by atoms with Gasteiger partial charge in [-0.25, -0.2) is 0 Å². The molecule has 3 aliphatic rings. The highest BCUT2D eigenvalue weighted by atomic mass is 16.7. The maximum Gasteiger partial charge on any atom is 0.146 e. The number of methoxy groups -OCH3 is 2. The van der Waals surface area contributed by atoms with Gasteiger partial charge in [0, 0.05) is 43.4 Å². The van der Waals surface area contributed by atoms with E-state index in [9.17, 15) is 4.79 Å². The van der Waals surface area contributed by atoms with Crippen molar-refractivity contribution in [1.29, 1.82) is 0 Å². The Labute approximate surface area is 193 Å². The number of ketones is 1. The standard InChI is InChI=1S/C27H41NO4/c1-18-7-11-27-12-8-21(31-6)23(27)26(18,4)22(32-17-30-5)16-25(3,24(29)19(27)2)15-20-9-13-28-14-10-20/h9-10,13-14,18-19,21-23H,7-8,11-12,15-17H2,1-6H3/t18-,19+,21-,22-,23?,25-,26+,27?/m1/s1. The molecule has 3 fully saturated rings. The van der Waals surface area contributed by atoms with E-state index in [1.54, 1.807) is 7.11 Å². The van der Waals surface area contributed by atoms with Crippen LogP contribution in [-0.4, -0.2) is 44.0 Å². The van der Waals surface area contributed by atoms with Crippen LogP contribution in [0.5, 0.6) is 0 Å². The molecule has 0 aromatic carbocycles. The van der Waals surface area contributed by atoms with Gasteiger partial charge in [0.05, 0.1) is 12.2 Å². The first kappa shape index (κ1) is 23.8. The first-order valence-electron chi connectivity index (χ1n) is 12.3. The van der Waals surface area contributed by atoms with Crippen molar-refractivity contribution in [2.75, 3.05) is 21.0 Å². The third kappa shape index (κ3) is 3.56. The van der Waals surface area contributed by atoms with E-state index in [-0.39, 0.29) is 35.7 Å². The van der Waals surface area contributed by atoms with E-state index in [0.29, 0.717) is 30.5 Å². The lowest BCUT2D eigenvalue weighted by atomic mass is 9.43. The fourth-order valence-electron chi connectivity index (χ4n) is 7.99. The topological polar surface area (TPSA) is 57.7 Å². The maximum atomic E-state index is 14.3. The first-order valence-corrected chi connectivity index (χ1v) is 12.3. The zero-order chi connectivity index (χ0) is 23.1. The van der Waals surface area contributed by atoms with Gasteiger partial charge in [0.15, 0.2) is 0 Å². The molecule has 1 heterocycles. The Bertz CT molecular complexity index is 815. The van der Waals surface area contributed by atoms with Crippen LogP contribution in [0.1, 0.15) is 65.4 Å². The Kier molecular flexibility index (Phi) is 6.56. The lowest BCUT2D eigenvalue weighted by molar-refractivity contribution is -0.219. The highest BCUT2D eigenvalue weighted by Gasteiger charge is 2.68. The molecular weight excluding hydrogens is 402 g/mol. The summed E-state index contributed by atoms with van der Waals surface area (Å²) < 4.78 is 18.0. The normalized spacial score (nSPS) is 44.1. The largest absolute Gasteiger partial charge is 0.381 e. The van der Waals surface area contributed by atoms with Crippen molar-refractivity contribution in [2.45, 2.75) is 78.4 Å². The van der Waals surface area contributed by atoms with Gasteiger partial charge in [-0.3, -0.25) is 9.78 Å². The number of Topliss-reactive ketones (excluding diaryl/α,β-unsaturated/α-hetero) is 1. The Morgan fingerprint density at radius 2 is 1.78 bits per heavy atom. The number of carbonyl (C=O) groups excluding carboxylic acids is 1. The van der Waals surface area contributed by atoms with E-state index in [1.807, 2.05) is 31.6 Å². The second kappa shape index (κ2) is 8.81. The molecule has 8 atom stereocenters. The quantitative estimate of drug-likeness (QED) is 0.574. The van der Waals surface area contributed by atoms with Gasteiger partial charge < -0.3 is 14.2 Å². The van der Waals surface area contributed by atoms with Crippen molar-refractivity contribution in [3.63, 3.8) is 0 Å². The van der Waals surface area contributed by atoms with Gasteiger partial charge in [-0.05, 0) is 73.5 Å². The molecule has 3 saturated carbocycles. The van der Waals surface area contributed by atoms with Crippen LogP contribution in [0.15, 0.2) is 24.5 Å². The molecule has 178 valence electrons. The molecule has 0 amide bonds. The van der Waals surface area contributed by atoms with Crippen molar-refractivity contribution in [3.05, 3.63) is 30.1 Å². The number of pyridine rings is 1. The van der Waals surface area contributed by atoms with E-state index in [4.69, 9.17) is 14.2 Å². The molecule has 0 aliphatic heterocycles. The summed E-state index contributed by atoms with van der Waals surface area (Å²) in [5, 5.41) is 0. The molecular formula is C27H41NO4. The molecule has 1 aromatic rings. The van der Waals surface area contributed by atoms with Gasteiger partial charge in [-0.15, -0.1) is 0 Å². The monoisotopic (exact) mass is 443 g/mol. The molecule has 3 aliphatic carbocycles. The highest BCUT2D eigenvalue weighted by molar-refractivity contribution is 5.88. The summed E-state index contributed by atoms with van der Waals surface area (Å²) in [6, 6.07) is 4.07. The van der Waals surface area contributed by atoms with Crippen molar-refractivity contribution in [2.24, 2.45) is 34.0 Å². The lowest BCUT2D eigenvalue weighted by Gasteiger charge is -2.62. The molecule has 4 rings (SSSR count). The number of hydrogen-bond donors (Lipinski definition) is 0. The van der Waals surface area contributed by atoms with Crippen LogP contribution < -0.4 is 0 Å². The van der Waals surface area contributed by atoms with Gasteiger partial charge in [-0.2, -0.15) is 0 Å². The number of rotatable bonds is 6. The third-order valence-corrected chi connectivity index (χ3v) is 9.87. The van der Waals surface area contributed by atoms with Gasteiger partial charge in [0.25, 0.3) is 0 Å². The smallest absolute Gasteiger partial charge is 0.146 e. The van der Waals surface area contributed by atoms with Crippen LogP contribution in [0.3, 0.4) is 0 Å². The predicted molar refractivity (Wildman–Crippen MR) is 124 cm³/mol. The molecule has 0 spiro atoms. The summed E-state index contributed by atoms with van der Waals surface area (Å²) >= 11 is 0. The summed E-state index contributed by atoms with van der Waals surface area (Å²) in [7, 11) is 3.52. The Balaban J connectivity index is 1.84. The molecule has 1 aromatic heterocycles. The minimum Gasteiger partial charge on any atom is -0.381 e. The van der Waals surface area contributed by atoms with Gasteiger partial charge in [0.1, 0.15) is 12.6 Å². The third-order valence-electron chi connectivity index (χ3n) is 9.87. The van der Waals surface area contributed by atoms with E-state index >= 15 is 0 Å². The Morgan fingerprint density at radius 1 is 1.09 bits per heavy atom. The van der Waals surface area contributed by atoms with E-state index in [2.05, 4.69) is 32.7 Å². The summed E-state index contributed by atoms with van der Waals surface area (Å²) in [6.45, 7) is 9.43. The molecule has 5 heteroatoms. The molecule has 32 heavy (non-hydrogen) atoms. The molecule has 0 radical (unpaired) electrons. The molecule has 0 N–H and O–H groups in total. The van der Waals surface area contributed by atoms with Crippen molar-refractivity contribution < 1.29 is 19.0 Å². The number of nitrogens with zero attached hydrogens (tertiary/aromatic N) is 1. The zero-order valence-corrected chi connectivity index (χ0v) is 20.7. The second-order valence-corrected chi connectivity index (χ2v) is 11.3. The van der Waals surface area contributed by atoms with Crippen LogP contribution in [0, 0.1) is 34.0 Å². The van der Waals surface area contributed by atoms with Crippen molar-refractivity contribution in [3.8, 4) is 0 Å². The first-order chi connectivity index (χ1) is 15.2. The summed E-state index contributed by atoms with van der Waals surface area (Å²) in [5.74, 6) is 1.20. The lowest BCUT2D eigenvalue weighted by Crippen LogP contribution is -2.63. The van der Waals surface area contributed by atoms with Crippen molar-refractivity contribution in [1.82, 2.24) is 4.98 Å². The summed E-state index contributed by atoms with van der Waals surface area (Å²) in [6.07, 6.45) is 9.49. The minimum atomic E-state index is -0.499. The maximum absolute atomic E-state index is 14.3. The van der Waals surface area contributed by atoms with Gasteiger partial charge >= 0.3 is 0 Å². The highest BCUT2D eigenvalue weighted by Crippen LogP contribution is 2.68. The predicted octanol–water partition coefficient (Wildman–Crippen LogP) is 5.08. The number of ether oxygens (including phenoxy) is 3. The summed E-state index contributed by atoms with van der Waals surface area (Å²) in [4.78, 5) is 18.5. The SMILES string of the molecule is COCO[C@@H]1C[C@@](C)(Cc2ccncc2)C(=O)[C@H](C)C23CC[C@@H](C)[C@]1(C)C2[C@H](OC)CC3. The average Bonchev–Trinajstić information content (AvgIpc) is 3.19. The van der Waals surface area contributed by atoms with Crippen LogP contribution >= 0.6 is 0 Å². The number of carbonyl (C=O) groups is 1. The second-order valence-electron chi connectivity index (χ2n) is 11.3. The molecule has 0 saturated heterocycles. The van der Waals surface area contributed by atoms with Crippen LogP contribution in [0.4, 0.5) is 0 Å². The molecule has 5 nitrogen and oxygen atoms in total. The van der Waals surface area contributed by atoms with Crippen LogP contribution in [0.2, 0.25) is 0 Å². The van der Waals surface area contributed by atoms with Gasteiger partial charge in [-0.1, -0.05) is 27.7 Å². The summed E-state index contributed by atoms with van der Waals surface area (Å²) in [5.41, 5.74) is 0.559.